The molecule has 2 aromatic carbocycles. The van der Waals surface area contributed by atoms with E-state index in [-0.39, 0.29) is 22.1 Å². The molecule has 184 valence electrons. The van der Waals surface area contributed by atoms with Crippen molar-refractivity contribution >= 4 is 81.3 Å². The van der Waals surface area contributed by atoms with Crippen molar-refractivity contribution in [1.82, 2.24) is 10.2 Å². The first kappa shape index (κ1) is 25.9. The first-order chi connectivity index (χ1) is 16.3. The normalized spacial score (nSPS) is 18.7. The van der Waals surface area contributed by atoms with Crippen LogP contribution >= 0.6 is 58.0 Å². The van der Waals surface area contributed by atoms with E-state index in [4.69, 9.17) is 58.0 Å². The van der Waals surface area contributed by atoms with Gasteiger partial charge in [0.25, 0.3) is 5.91 Å². The molecule has 35 heavy (non-hydrogen) atoms. The second-order valence-corrected chi connectivity index (χ2v) is 10.4. The molecule has 1 aliphatic carbocycles. The van der Waals surface area contributed by atoms with Gasteiger partial charge in [-0.15, -0.1) is 23.2 Å². The fraction of sp³-hybridized carbons (Fsp3) is 0.190. The quantitative estimate of drug-likeness (QED) is 0.277. The Hall–Kier alpha value is -2.17. The SMILES string of the molecule is O=C(Nc1cc(C(F)(F)F)[nH]n1)c1cc(NC(=O)[C@@H]2[C@@H](c3cc(Cl)cc(Cl)c3)C2(Cl)Cl)ccc1Cl. The van der Waals surface area contributed by atoms with Gasteiger partial charge in [-0.1, -0.05) is 34.8 Å². The molecular formula is C21H12Cl5F3N4O2. The predicted molar refractivity (Wildman–Crippen MR) is 129 cm³/mol. The Morgan fingerprint density at radius 1 is 0.971 bits per heavy atom. The lowest BCUT2D eigenvalue weighted by molar-refractivity contribution is -0.141. The molecule has 0 saturated heterocycles. The summed E-state index contributed by atoms with van der Waals surface area (Å²) < 4.78 is 36.8. The summed E-state index contributed by atoms with van der Waals surface area (Å²) in [6.07, 6.45) is -4.66. The lowest BCUT2D eigenvalue weighted by Crippen LogP contribution is -2.18. The highest BCUT2D eigenvalue weighted by atomic mass is 35.5. The van der Waals surface area contributed by atoms with Gasteiger partial charge in [0, 0.05) is 27.7 Å². The molecule has 2 amide bonds. The number of benzene rings is 2. The van der Waals surface area contributed by atoms with Crippen LogP contribution < -0.4 is 10.6 Å². The number of hydrogen-bond acceptors (Lipinski definition) is 3. The Labute approximate surface area is 221 Å². The molecule has 0 radical (unpaired) electrons. The fourth-order valence-corrected chi connectivity index (χ4v) is 5.11. The highest BCUT2D eigenvalue weighted by Gasteiger charge is 2.67. The molecular weight excluding hydrogens is 575 g/mol. The molecule has 3 N–H and O–H groups in total. The summed E-state index contributed by atoms with van der Waals surface area (Å²) in [5.74, 6) is -3.17. The molecule has 0 bridgehead atoms. The summed E-state index contributed by atoms with van der Waals surface area (Å²) in [5.41, 5.74) is -0.481. The molecule has 1 aromatic heterocycles. The predicted octanol–water partition coefficient (Wildman–Crippen LogP) is 7.17. The Morgan fingerprint density at radius 3 is 2.23 bits per heavy atom. The fourth-order valence-electron chi connectivity index (χ4n) is 3.53. The first-order valence-corrected chi connectivity index (χ1v) is 11.5. The van der Waals surface area contributed by atoms with Gasteiger partial charge in [0.1, 0.15) is 10.0 Å². The average molecular weight is 587 g/mol. The van der Waals surface area contributed by atoms with Gasteiger partial charge in [0.15, 0.2) is 5.82 Å². The minimum absolute atomic E-state index is 0.00557. The molecule has 1 aliphatic rings. The van der Waals surface area contributed by atoms with Crippen LogP contribution in [0.25, 0.3) is 0 Å². The smallest absolute Gasteiger partial charge is 0.326 e. The lowest BCUT2D eigenvalue weighted by atomic mass is 10.1. The van der Waals surface area contributed by atoms with Crippen molar-refractivity contribution in [2.45, 2.75) is 16.4 Å². The van der Waals surface area contributed by atoms with E-state index >= 15 is 0 Å². The maximum absolute atomic E-state index is 12.9. The standard InChI is InChI=1S/C21H12Cl5F3N4O2/c22-9-3-8(4-10(23)5-9)16-17(20(16,25)26)19(35)30-11-1-2-13(24)12(6-11)18(34)31-15-7-14(32-33-15)21(27,28)29/h1-7,16-17H,(H,30,35)(H2,31,32,33,34)/t16-,17+/m1/s1. The second kappa shape index (κ2) is 9.37. The molecule has 4 rings (SSSR count). The molecule has 6 nitrogen and oxygen atoms in total. The minimum atomic E-state index is -4.66. The molecule has 1 saturated carbocycles. The number of anilines is 2. The lowest BCUT2D eigenvalue weighted by Gasteiger charge is -2.09. The number of H-pyrrole nitrogens is 1. The van der Waals surface area contributed by atoms with E-state index < -0.39 is 39.9 Å². The number of carbonyl (C=O) groups excluding carboxylic acids is 2. The van der Waals surface area contributed by atoms with Gasteiger partial charge in [-0.05, 0) is 42.0 Å². The van der Waals surface area contributed by atoms with Crippen molar-refractivity contribution in [2.75, 3.05) is 10.6 Å². The molecule has 14 heteroatoms. The van der Waals surface area contributed by atoms with Gasteiger partial charge in [0.2, 0.25) is 5.91 Å². The summed E-state index contributed by atoms with van der Waals surface area (Å²) in [4.78, 5) is 25.5. The first-order valence-electron chi connectivity index (χ1n) is 9.65. The summed E-state index contributed by atoms with van der Waals surface area (Å²) >= 11 is 30.8. The molecule has 0 spiro atoms. The summed E-state index contributed by atoms with van der Waals surface area (Å²) in [5, 5.41) is 10.7. The number of carbonyl (C=O) groups is 2. The van der Waals surface area contributed by atoms with Gasteiger partial charge in [-0.2, -0.15) is 18.3 Å². The Kier molecular flexibility index (Phi) is 6.93. The largest absolute Gasteiger partial charge is 0.432 e. The third kappa shape index (κ3) is 5.49. The van der Waals surface area contributed by atoms with E-state index in [1.165, 1.54) is 24.3 Å². The maximum Gasteiger partial charge on any atom is 0.432 e. The van der Waals surface area contributed by atoms with Gasteiger partial charge in [0.05, 0.1) is 16.5 Å². The number of nitrogens with zero attached hydrogens (tertiary/aromatic N) is 1. The van der Waals surface area contributed by atoms with Crippen molar-refractivity contribution in [3.8, 4) is 0 Å². The van der Waals surface area contributed by atoms with E-state index in [1.54, 1.807) is 17.2 Å². The molecule has 1 fully saturated rings. The van der Waals surface area contributed by atoms with Crippen LogP contribution in [-0.2, 0) is 11.0 Å². The van der Waals surface area contributed by atoms with Crippen LogP contribution in [0.5, 0.6) is 0 Å². The van der Waals surface area contributed by atoms with E-state index in [2.05, 4.69) is 15.7 Å². The zero-order valence-corrected chi connectivity index (χ0v) is 20.8. The van der Waals surface area contributed by atoms with Crippen molar-refractivity contribution in [3.63, 3.8) is 0 Å². The number of nitrogens with one attached hydrogen (secondary N) is 3. The zero-order valence-electron chi connectivity index (χ0n) is 17.0. The minimum Gasteiger partial charge on any atom is -0.326 e. The number of rotatable bonds is 5. The third-order valence-corrected chi connectivity index (χ3v) is 6.89. The second-order valence-electron chi connectivity index (χ2n) is 7.64. The molecule has 2 atom stereocenters. The van der Waals surface area contributed by atoms with Crippen molar-refractivity contribution in [2.24, 2.45) is 5.92 Å². The molecule has 0 aliphatic heterocycles. The van der Waals surface area contributed by atoms with E-state index in [9.17, 15) is 22.8 Å². The third-order valence-electron chi connectivity index (χ3n) is 5.18. The van der Waals surface area contributed by atoms with Gasteiger partial charge in [-0.25, -0.2) is 0 Å². The average Bonchev–Trinajstić information content (AvgIpc) is 3.05. The van der Waals surface area contributed by atoms with Gasteiger partial charge >= 0.3 is 6.18 Å². The number of aromatic amines is 1. The number of amides is 2. The van der Waals surface area contributed by atoms with Crippen LogP contribution in [-0.4, -0.2) is 26.3 Å². The molecule has 3 aromatic rings. The summed E-state index contributed by atoms with van der Waals surface area (Å²) in [7, 11) is 0. The Morgan fingerprint density at radius 2 is 1.63 bits per heavy atom. The molecule has 0 unspecified atom stereocenters. The van der Waals surface area contributed by atoms with Crippen LogP contribution in [0.3, 0.4) is 0 Å². The van der Waals surface area contributed by atoms with Crippen LogP contribution in [0, 0.1) is 5.92 Å². The maximum atomic E-state index is 12.9. The number of hydrogen-bond donors (Lipinski definition) is 3. The summed E-state index contributed by atoms with van der Waals surface area (Å²) in [6, 6.07) is 9.40. The Balaban J connectivity index is 1.49. The van der Waals surface area contributed by atoms with Crippen LogP contribution in [0.1, 0.15) is 27.5 Å². The van der Waals surface area contributed by atoms with Crippen molar-refractivity contribution < 1.29 is 22.8 Å². The van der Waals surface area contributed by atoms with Crippen molar-refractivity contribution in [3.05, 3.63) is 74.4 Å². The van der Waals surface area contributed by atoms with E-state index in [1.807, 2.05) is 0 Å². The monoisotopic (exact) mass is 584 g/mol. The van der Waals surface area contributed by atoms with Crippen LogP contribution in [0.15, 0.2) is 42.5 Å². The number of halogens is 8. The highest BCUT2D eigenvalue weighted by Crippen LogP contribution is 2.65. The topological polar surface area (TPSA) is 86.9 Å². The molecule has 1 heterocycles. The Bertz CT molecular complexity index is 1310. The van der Waals surface area contributed by atoms with Gasteiger partial charge in [-0.3, -0.25) is 14.7 Å². The zero-order chi connectivity index (χ0) is 25.7. The van der Waals surface area contributed by atoms with E-state index in [0.717, 1.165) is 0 Å². The van der Waals surface area contributed by atoms with E-state index in [0.29, 0.717) is 21.7 Å². The number of aromatic nitrogens is 2. The number of alkyl halides is 5. The van der Waals surface area contributed by atoms with Gasteiger partial charge < -0.3 is 10.6 Å². The van der Waals surface area contributed by atoms with Crippen molar-refractivity contribution in [1.29, 1.82) is 0 Å². The van der Waals surface area contributed by atoms with Crippen LogP contribution in [0.4, 0.5) is 24.7 Å². The summed E-state index contributed by atoms with van der Waals surface area (Å²) in [6.45, 7) is 0. The van der Waals surface area contributed by atoms with Crippen LogP contribution in [0.2, 0.25) is 15.1 Å². The highest BCUT2D eigenvalue weighted by molar-refractivity contribution is 6.53.